The van der Waals surface area contributed by atoms with E-state index in [0.717, 1.165) is 17.1 Å². The zero-order valence-corrected chi connectivity index (χ0v) is 16.2. The van der Waals surface area contributed by atoms with Gasteiger partial charge in [0.1, 0.15) is 6.54 Å². The molecule has 1 aliphatic rings. The van der Waals surface area contributed by atoms with Gasteiger partial charge >= 0.3 is 6.18 Å². The molecular formula is C20H17ClF3N3O2. The Morgan fingerprint density at radius 1 is 1.17 bits per heavy atom. The Morgan fingerprint density at radius 2 is 1.86 bits per heavy atom. The molecular weight excluding hydrogens is 407 g/mol. The summed E-state index contributed by atoms with van der Waals surface area (Å²) >= 11 is 5.94. The van der Waals surface area contributed by atoms with Crippen LogP contribution in [0.15, 0.2) is 53.6 Å². The van der Waals surface area contributed by atoms with Gasteiger partial charge in [-0.15, -0.1) is 0 Å². The average Bonchev–Trinajstić information content (AvgIpc) is 2.68. The van der Waals surface area contributed by atoms with Gasteiger partial charge in [-0.2, -0.15) is 18.3 Å². The molecule has 3 rings (SSSR count). The molecule has 2 aromatic rings. The Labute approximate surface area is 170 Å². The first-order valence-corrected chi connectivity index (χ1v) is 9.10. The molecule has 9 heteroatoms. The molecule has 0 radical (unpaired) electrons. The molecule has 0 unspecified atom stereocenters. The van der Waals surface area contributed by atoms with Crippen molar-refractivity contribution in [2.24, 2.45) is 5.10 Å². The average molecular weight is 424 g/mol. The van der Waals surface area contributed by atoms with Gasteiger partial charge in [0.2, 0.25) is 11.8 Å². The van der Waals surface area contributed by atoms with Crippen LogP contribution in [0.1, 0.15) is 24.0 Å². The van der Waals surface area contributed by atoms with Crippen LogP contribution in [0.25, 0.3) is 0 Å². The van der Waals surface area contributed by atoms with Gasteiger partial charge in [0.25, 0.3) is 0 Å². The summed E-state index contributed by atoms with van der Waals surface area (Å²) in [6.07, 6.45) is -4.01. The molecule has 152 valence electrons. The lowest BCUT2D eigenvalue weighted by Crippen LogP contribution is -2.41. The molecule has 1 aliphatic heterocycles. The van der Waals surface area contributed by atoms with E-state index in [1.54, 1.807) is 31.3 Å². The number of hydrazone groups is 1. The minimum atomic E-state index is -4.42. The fourth-order valence-corrected chi connectivity index (χ4v) is 3.03. The second-order valence-electron chi connectivity index (χ2n) is 6.51. The first-order valence-electron chi connectivity index (χ1n) is 8.73. The minimum absolute atomic E-state index is 0.119. The molecule has 0 atom stereocenters. The standard InChI is InChI=1S/C20H17ClF3N3O2/c1-26(16-4-2-3-15(21)11-16)19(29)12-27-18(28)10-9-17(25-27)13-5-7-14(8-6-13)20(22,23)24/h2-8,11H,9-10,12H2,1H3. The second-order valence-corrected chi connectivity index (χ2v) is 6.94. The van der Waals surface area contributed by atoms with Crippen molar-refractivity contribution in [2.45, 2.75) is 19.0 Å². The molecule has 0 N–H and O–H groups in total. The first-order chi connectivity index (χ1) is 13.6. The number of hydrogen-bond donors (Lipinski definition) is 0. The van der Waals surface area contributed by atoms with E-state index >= 15 is 0 Å². The topological polar surface area (TPSA) is 53.0 Å². The number of likely N-dealkylation sites (N-methyl/N-ethyl adjacent to an activating group) is 1. The molecule has 0 bridgehead atoms. The zero-order chi connectivity index (χ0) is 21.2. The quantitative estimate of drug-likeness (QED) is 0.734. The highest BCUT2D eigenvalue weighted by Gasteiger charge is 2.30. The maximum absolute atomic E-state index is 12.7. The van der Waals surface area contributed by atoms with E-state index in [1.165, 1.54) is 17.0 Å². The van der Waals surface area contributed by atoms with Crippen LogP contribution >= 0.6 is 11.6 Å². The Bertz CT molecular complexity index is 958. The van der Waals surface area contributed by atoms with E-state index in [1.807, 2.05) is 0 Å². The summed E-state index contributed by atoms with van der Waals surface area (Å²) in [4.78, 5) is 26.1. The number of rotatable bonds is 4. The van der Waals surface area contributed by atoms with Crippen LogP contribution in [0.2, 0.25) is 5.02 Å². The van der Waals surface area contributed by atoms with E-state index in [4.69, 9.17) is 11.6 Å². The number of carbonyl (C=O) groups is 2. The Balaban J connectivity index is 1.76. The van der Waals surface area contributed by atoms with E-state index in [-0.39, 0.29) is 24.8 Å². The smallest absolute Gasteiger partial charge is 0.314 e. The van der Waals surface area contributed by atoms with Crippen molar-refractivity contribution in [3.8, 4) is 0 Å². The van der Waals surface area contributed by atoms with Gasteiger partial charge in [0.15, 0.2) is 0 Å². The molecule has 0 aliphatic carbocycles. The number of nitrogens with zero attached hydrogens (tertiary/aromatic N) is 3. The van der Waals surface area contributed by atoms with Gasteiger partial charge in [0, 0.05) is 30.6 Å². The monoisotopic (exact) mass is 423 g/mol. The number of halogens is 4. The largest absolute Gasteiger partial charge is 0.416 e. The van der Waals surface area contributed by atoms with Gasteiger partial charge in [-0.1, -0.05) is 29.8 Å². The number of alkyl halides is 3. The SMILES string of the molecule is CN(C(=O)CN1N=C(c2ccc(C(F)(F)F)cc2)CCC1=O)c1cccc(Cl)c1. The highest BCUT2D eigenvalue weighted by Crippen LogP contribution is 2.29. The van der Waals surface area contributed by atoms with Gasteiger partial charge in [-0.05, 0) is 35.9 Å². The lowest BCUT2D eigenvalue weighted by Gasteiger charge is -2.26. The molecule has 0 spiro atoms. The summed E-state index contributed by atoms with van der Waals surface area (Å²) in [5.41, 5.74) is 0.741. The summed E-state index contributed by atoms with van der Waals surface area (Å²) in [5.74, 6) is -0.702. The Morgan fingerprint density at radius 3 is 2.48 bits per heavy atom. The molecule has 0 aromatic heterocycles. The third kappa shape index (κ3) is 4.95. The number of hydrogen-bond acceptors (Lipinski definition) is 3. The lowest BCUT2D eigenvalue weighted by molar-refractivity contribution is -0.137. The maximum Gasteiger partial charge on any atom is 0.416 e. The summed E-state index contributed by atoms with van der Waals surface area (Å²) in [6.45, 7) is -0.286. The maximum atomic E-state index is 12.7. The van der Waals surface area contributed by atoms with Crippen LogP contribution < -0.4 is 4.90 Å². The molecule has 0 saturated carbocycles. The van der Waals surface area contributed by atoms with E-state index in [9.17, 15) is 22.8 Å². The summed E-state index contributed by atoms with van der Waals surface area (Å²) in [7, 11) is 1.56. The van der Waals surface area contributed by atoms with Crippen LogP contribution in [-0.2, 0) is 15.8 Å². The minimum Gasteiger partial charge on any atom is -0.314 e. The molecule has 1 heterocycles. The highest BCUT2D eigenvalue weighted by atomic mass is 35.5. The van der Waals surface area contributed by atoms with Crippen LogP contribution in [-0.4, -0.2) is 36.1 Å². The molecule has 0 fully saturated rings. The van der Waals surface area contributed by atoms with Crippen molar-refractivity contribution in [3.63, 3.8) is 0 Å². The molecule has 2 amide bonds. The summed E-state index contributed by atoms with van der Waals surface area (Å²) in [5, 5.41) is 5.73. The van der Waals surface area contributed by atoms with E-state index in [2.05, 4.69) is 5.10 Å². The third-order valence-electron chi connectivity index (χ3n) is 4.51. The van der Waals surface area contributed by atoms with E-state index in [0.29, 0.717) is 28.4 Å². The molecule has 29 heavy (non-hydrogen) atoms. The van der Waals surface area contributed by atoms with Gasteiger partial charge in [-0.25, -0.2) is 5.01 Å². The molecule has 0 saturated heterocycles. The lowest BCUT2D eigenvalue weighted by atomic mass is 10.0. The predicted octanol–water partition coefficient (Wildman–Crippen LogP) is 4.35. The summed E-state index contributed by atoms with van der Waals surface area (Å²) in [6, 6.07) is 11.3. The Kier molecular flexibility index (Phi) is 5.93. The van der Waals surface area contributed by atoms with Crippen molar-refractivity contribution in [3.05, 3.63) is 64.7 Å². The fraction of sp³-hybridized carbons (Fsp3) is 0.250. The van der Waals surface area contributed by atoms with Crippen LogP contribution in [0.5, 0.6) is 0 Å². The van der Waals surface area contributed by atoms with Gasteiger partial charge < -0.3 is 4.90 Å². The predicted molar refractivity (Wildman–Crippen MR) is 104 cm³/mol. The Hall–Kier alpha value is -2.87. The van der Waals surface area contributed by atoms with Crippen LogP contribution in [0.4, 0.5) is 18.9 Å². The van der Waals surface area contributed by atoms with Crippen LogP contribution in [0.3, 0.4) is 0 Å². The normalized spacial score (nSPS) is 14.6. The number of carbonyl (C=O) groups excluding carboxylic acids is 2. The number of anilines is 1. The van der Waals surface area contributed by atoms with Crippen molar-refractivity contribution >= 4 is 34.8 Å². The fourth-order valence-electron chi connectivity index (χ4n) is 2.85. The van der Waals surface area contributed by atoms with Gasteiger partial charge in [0.05, 0.1) is 11.3 Å². The molecule has 2 aromatic carbocycles. The van der Waals surface area contributed by atoms with Crippen molar-refractivity contribution in [1.29, 1.82) is 0 Å². The first kappa shape index (κ1) is 20.9. The van der Waals surface area contributed by atoms with Crippen molar-refractivity contribution in [1.82, 2.24) is 5.01 Å². The van der Waals surface area contributed by atoms with E-state index < -0.39 is 11.7 Å². The third-order valence-corrected chi connectivity index (χ3v) is 4.74. The summed E-state index contributed by atoms with van der Waals surface area (Å²) < 4.78 is 38.2. The number of amides is 2. The number of benzene rings is 2. The van der Waals surface area contributed by atoms with Crippen molar-refractivity contribution < 1.29 is 22.8 Å². The second kappa shape index (κ2) is 8.24. The zero-order valence-electron chi connectivity index (χ0n) is 15.4. The van der Waals surface area contributed by atoms with Crippen LogP contribution in [0, 0.1) is 0 Å². The van der Waals surface area contributed by atoms with Crippen molar-refractivity contribution in [2.75, 3.05) is 18.5 Å². The van der Waals surface area contributed by atoms with Gasteiger partial charge in [-0.3, -0.25) is 9.59 Å². The highest BCUT2D eigenvalue weighted by molar-refractivity contribution is 6.30. The molecule has 5 nitrogen and oxygen atoms in total.